The number of nitrogens with one attached hydrogen (secondary N) is 1. The maximum absolute atomic E-state index is 12.6. The molecule has 1 aliphatic heterocycles. The summed E-state index contributed by atoms with van der Waals surface area (Å²) in [6, 6.07) is 0.313. The molecule has 0 bridgehead atoms. The first-order valence-corrected chi connectivity index (χ1v) is 12.0. The molecular formula is C25H39N3O3. The number of carbonyl (C=O) groups excluding carboxylic acids is 3. The van der Waals surface area contributed by atoms with Crippen LogP contribution in [0.3, 0.4) is 0 Å². The van der Waals surface area contributed by atoms with Crippen LogP contribution < -0.4 is 5.32 Å². The molecule has 0 radical (unpaired) electrons. The summed E-state index contributed by atoms with van der Waals surface area (Å²) in [4.78, 5) is 40.1. The largest absolute Gasteiger partial charge is 0.347 e. The van der Waals surface area contributed by atoms with Gasteiger partial charge >= 0.3 is 0 Å². The Morgan fingerprint density at radius 1 is 1.13 bits per heavy atom. The molecule has 0 unspecified atom stereocenters. The topological polar surface area (TPSA) is 69.7 Å². The summed E-state index contributed by atoms with van der Waals surface area (Å²) in [5, 5.41) is 2.84. The summed E-state index contributed by atoms with van der Waals surface area (Å²) in [5.74, 6) is 2.41. The molecule has 4 rings (SSSR count). The van der Waals surface area contributed by atoms with E-state index in [-0.39, 0.29) is 35.1 Å². The number of likely N-dealkylation sites (N-methyl/N-ethyl adjacent to an activating group) is 2. The first kappa shape index (κ1) is 22.3. The number of fused-ring (bicyclic) bond motifs is 5. The molecule has 0 saturated heterocycles. The highest BCUT2D eigenvalue weighted by Crippen LogP contribution is 2.65. The van der Waals surface area contributed by atoms with Gasteiger partial charge in [-0.15, -0.1) is 0 Å². The minimum Gasteiger partial charge on any atom is -0.347 e. The van der Waals surface area contributed by atoms with Crippen LogP contribution in [0, 0.1) is 34.5 Å². The van der Waals surface area contributed by atoms with Gasteiger partial charge < -0.3 is 15.1 Å². The molecule has 6 heteroatoms. The third-order valence-electron chi connectivity index (χ3n) is 9.69. The van der Waals surface area contributed by atoms with E-state index in [4.69, 9.17) is 0 Å². The Labute approximate surface area is 186 Å². The van der Waals surface area contributed by atoms with Crippen molar-refractivity contribution in [3.63, 3.8) is 0 Å². The van der Waals surface area contributed by atoms with Crippen LogP contribution in [0.1, 0.15) is 58.8 Å². The summed E-state index contributed by atoms with van der Waals surface area (Å²) in [6.07, 6.45) is 11.4. The fourth-order valence-corrected chi connectivity index (χ4v) is 7.81. The second kappa shape index (κ2) is 7.93. The molecule has 6 nitrogen and oxygen atoms in total. The lowest BCUT2D eigenvalue weighted by Crippen LogP contribution is -2.59. The van der Waals surface area contributed by atoms with Gasteiger partial charge in [-0.25, -0.2) is 0 Å². The maximum atomic E-state index is 12.6. The number of carbonyl (C=O) groups is 3. The van der Waals surface area contributed by atoms with Crippen LogP contribution in [0.2, 0.25) is 0 Å². The van der Waals surface area contributed by atoms with Gasteiger partial charge in [-0.2, -0.15) is 0 Å². The van der Waals surface area contributed by atoms with Crippen molar-refractivity contribution in [2.75, 3.05) is 27.7 Å². The van der Waals surface area contributed by atoms with E-state index in [9.17, 15) is 14.4 Å². The molecule has 0 aromatic carbocycles. The van der Waals surface area contributed by atoms with Crippen LogP contribution >= 0.6 is 0 Å². The van der Waals surface area contributed by atoms with Crippen LogP contribution in [0.5, 0.6) is 0 Å². The van der Waals surface area contributed by atoms with E-state index < -0.39 is 0 Å². The first-order valence-electron chi connectivity index (χ1n) is 12.0. The summed E-state index contributed by atoms with van der Waals surface area (Å²) in [6.45, 7) is 4.88. The molecule has 0 aromatic heterocycles. The standard InChI is InChI=1S/C25H39N3O3/c1-24-12-10-19-17(7-9-20-25(19,2)13-11-22(30)28(20)5)18(24)8-6-16(24)14-21(29)26-15-23(31)27(3)4/h11,13,16-20H,6-10,12,14-15H2,1-5H3,(H,26,29)/t16-,17+,18+,19+,20-,24-,25-/m1/s1. The Hall–Kier alpha value is -1.85. The fourth-order valence-electron chi connectivity index (χ4n) is 7.81. The molecule has 1 N–H and O–H groups in total. The van der Waals surface area contributed by atoms with E-state index in [1.54, 1.807) is 20.2 Å². The molecule has 0 spiro atoms. The summed E-state index contributed by atoms with van der Waals surface area (Å²) >= 11 is 0. The van der Waals surface area contributed by atoms with Crippen LogP contribution in [0.15, 0.2) is 12.2 Å². The Morgan fingerprint density at radius 3 is 2.58 bits per heavy atom. The molecule has 4 aliphatic rings. The van der Waals surface area contributed by atoms with Gasteiger partial charge in [-0.05, 0) is 73.7 Å². The van der Waals surface area contributed by atoms with Gasteiger partial charge in [0.05, 0.1) is 6.54 Å². The SMILES string of the molecule is CN(C)C(=O)CNC(=O)C[C@H]1CC[C@H]2[C@@H]3CC[C@H]4N(C)C(=O)C=C[C@]4(C)[C@H]3CC[C@]12C. The second-order valence-corrected chi connectivity index (χ2v) is 11.2. The number of nitrogens with zero attached hydrogens (tertiary/aromatic N) is 2. The molecule has 3 amide bonds. The Morgan fingerprint density at radius 2 is 1.87 bits per heavy atom. The highest BCUT2D eigenvalue weighted by atomic mass is 16.2. The zero-order valence-corrected chi connectivity index (χ0v) is 19.8. The van der Waals surface area contributed by atoms with Gasteiger partial charge in [-0.1, -0.05) is 19.9 Å². The first-order chi connectivity index (χ1) is 14.6. The van der Waals surface area contributed by atoms with Crippen LogP contribution in [0.4, 0.5) is 0 Å². The molecule has 0 aromatic rings. The highest BCUT2D eigenvalue weighted by molar-refractivity contribution is 5.89. The second-order valence-electron chi connectivity index (χ2n) is 11.2. The van der Waals surface area contributed by atoms with Crippen molar-refractivity contribution in [3.8, 4) is 0 Å². The van der Waals surface area contributed by atoms with E-state index >= 15 is 0 Å². The average Bonchev–Trinajstić information content (AvgIpc) is 3.05. The summed E-state index contributed by atoms with van der Waals surface area (Å²) in [5.41, 5.74) is 0.266. The predicted molar refractivity (Wildman–Crippen MR) is 120 cm³/mol. The number of amides is 3. The average molecular weight is 430 g/mol. The zero-order valence-electron chi connectivity index (χ0n) is 19.8. The van der Waals surface area contributed by atoms with E-state index in [0.717, 1.165) is 19.3 Å². The molecule has 1 heterocycles. The molecule has 3 fully saturated rings. The Kier molecular flexibility index (Phi) is 5.72. The lowest BCUT2D eigenvalue weighted by atomic mass is 9.47. The van der Waals surface area contributed by atoms with Gasteiger partial charge in [0.15, 0.2) is 0 Å². The molecular weight excluding hydrogens is 390 g/mol. The number of rotatable bonds is 4. The van der Waals surface area contributed by atoms with Crippen molar-refractivity contribution in [1.29, 1.82) is 0 Å². The zero-order chi connectivity index (χ0) is 22.6. The van der Waals surface area contributed by atoms with E-state index in [1.807, 2.05) is 11.9 Å². The van der Waals surface area contributed by atoms with E-state index in [0.29, 0.717) is 36.1 Å². The number of hydrogen-bond acceptors (Lipinski definition) is 3. The molecule has 3 saturated carbocycles. The molecule has 3 aliphatic carbocycles. The summed E-state index contributed by atoms with van der Waals surface area (Å²) in [7, 11) is 5.38. The third-order valence-corrected chi connectivity index (χ3v) is 9.69. The molecule has 31 heavy (non-hydrogen) atoms. The van der Waals surface area contributed by atoms with Crippen molar-refractivity contribution >= 4 is 17.7 Å². The highest BCUT2D eigenvalue weighted by Gasteiger charge is 2.60. The van der Waals surface area contributed by atoms with E-state index in [1.165, 1.54) is 24.2 Å². The van der Waals surface area contributed by atoms with Gasteiger partial charge in [0.2, 0.25) is 17.7 Å². The van der Waals surface area contributed by atoms with Crippen molar-refractivity contribution in [1.82, 2.24) is 15.1 Å². The minimum atomic E-state index is -0.0710. The van der Waals surface area contributed by atoms with Crippen molar-refractivity contribution in [2.45, 2.75) is 64.8 Å². The summed E-state index contributed by atoms with van der Waals surface area (Å²) < 4.78 is 0. The van der Waals surface area contributed by atoms with Crippen LogP contribution in [-0.4, -0.2) is 61.3 Å². The third kappa shape index (κ3) is 3.60. The van der Waals surface area contributed by atoms with Gasteiger partial charge in [0.25, 0.3) is 0 Å². The maximum Gasteiger partial charge on any atom is 0.246 e. The van der Waals surface area contributed by atoms with Crippen molar-refractivity contribution in [3.05, 3.63) is 12.2 Å². The molecule has 7 atom stereocenters. The monoisotopic (exact) mass is 429 g/mol. The molecule has 172 valence electrons. The lowest BCUT2D eigenvalue weighted by Gasteiger charge is -2.60. The smallest absolute Gasteiger partial charge is 0.246 e. The fraction of sp³-hybridized carbons (Fsp3) is 0.800. The van der Waals surface area contributed by atoms with Crippen molar-refractivity contribution < 1.29 is 14.4 Å². The van der Waals surface area contributed by atoms with Crippen LogP contribution in [0.25, 0.3) is 0 Å². The quantitative estimate of drug-likeness (QED) is 0.747. The normalized spacial score (nSPS) is 41.3. The van der Waals surface area contributed by atoms with Gasteiger partial charge in [0, 0.05) is 39.0 Å². The van der Waals surface area contributed by atoms with Gasteiger partial charge in [-0.3, -0.25) is 14.4 Å². The van der Waals surface area contributed by atoms with Gasteiger partial charge in [0.1, 0.15) is 0 Å². The Bertz CT molecular complexity index is 793. The van der Waals surface area contributed by atoms with Crippen LogP contribution in [-0.2, 0) is 14.4 Å². The lowest BCUT2D eigenvalue weighted by molar-refractivity contribution is -0.139. The Balaban J connectivity index is 1.45. The predicted octanol–water partition coefficient (Wildman–Crippen LogP) is 2.84. The van der Waals surface area contributed by atoms with E-state index in [2.05, 4.69) is 25.2 Å². The minimum absolute atomic E-state index is 0.00946. The number of hydrogen-bond donors (Lipinski definition) is 1. The van der Waals surface area contributed by atoms with Crippen molar-refractivity contribution in [2.24, 2.45) is 34.5 Å².